The molecule has 26 nitrogen and oxygen atoms in total. The number of nitrogens with one attached hydrogen (secondary N) is 6. The molecular formula is C45H32N15Na3O11. The summed E-state index contributed by atoms with van der Waals surface area (Å²) in [6.07, 6.45) is 0. The van der Waals surface area contributed by atoms with Crippen molar-refractivity contribution >= 4 is 93.8 Å². The Morgan fingerprint density at radius 3 is 1.07 bits per heavy atom. The number of hydrogen-bond donors (Lipinski definition) is 8. The molecule has 0 saturated heterocycles. The minimum atomic E-state index is -1.02. The van der Waals surface area contributed by atoms with Gasteiger partial charge in [-0.1, -0.05) is 24.3 Å². The number of aromatic nitrogens is 7. The van der Waals surface area contributed by atoms with Gasteiger partial charge < -0.3 is 56.4 Å². The number of pyridine rings is 7. The third-order valence-corrected chi connectivity index (χ3v) is 8.82. The molecule has 7 aromatic rings. The van der Waals surface area contributed by atoms with Crippen LogP contribution in [0.4, 0.5) is 46.5 Å². The van der Waals surface area contributed by atoms with Crippen LogP contribution in [-0.2, 0) is 0 Å². The molecule has 0 bridgehead atoms. The summed E-state index contributed by atoms with van der Waals surface area (Å²) in [4.78, 5) is 120. The Hall–Kier alpha value is -7.79. The maximum atomic E-state index is 13.3. The number of aromatic amines is 3. The van der Waals surface area contributed by atoms with Crippen molar-refractivity contribution in [3.8, 4) is 0 Å². The zero-order valence-corrected chi connectivity index (χ0v) is 45.5. The van der Waals surface area contributed by atoms with E-state index < -0.39 is 63.5 Å². The molecule has 0 fully saturated rings. The first-order chi connectivity index (χ1) is 33.9. The molecule has 8 N–H and O–H groups in total. The number of aliphatic hydroxyl groups is 2. The molecule has 0 atom stereocenters. The molecule has 29 heteroatoms. The smallest absolute Gasteiger partial charge is 0.862 e. The van der Waals surface area contributed by atoms with E-state index in [1.54, 1.807) is 0 Å². The topological polar surface area (TPSA) is 409 Å². The van der Waals surface area contributed by atoms with Crippen molar-refractivity contribution in [1.29, 1.82) is 0 Å². The Labute approximate surface area is 481 Å². The molecule has 0 radical (unpaired) electrons. The van der Waals surface area contributed by atoms with Crippen molar-refractivity contribution in [1.82, 2.24) is 34.9 Å². The van der Waals surface area contributed by atoms with Gasteiger partial charge in [0.1, 0.15) is 45.9 Å². The monoisotopic (exact) mass is 1030 g/mol. The molecule has 3 amide bonds. The minimum absolute atomic E-state index is 0. The Morgan fingerprint density at radius 1 is 0.432 bits per heavy atom. The Balaban J connectivity index is 0.00000395. The summed E-state index contributed by atoms with van der Waals surface area (Å²) in [5.41, 5.74) is -4.12. The van der Waals surface area contributed by atoms with Crippen molar-refractivity contribution in [2.45, 2.75) is 13.8 Å². The second-order valence-corrected chi connectivity index (χ2v) is 14.3. The Kier molecular flexibility index (Phi) is 21.3. The van der Waals surface area contributed by atoms with Crippen LogP contribution >= 0.6 is 0 Å². The molecule has 7 aromatic heterocycles. The van der Waals surface area contributed by atoms with Crippen LogP contribution in [0.3, 0.4) is 0 Å². The van der Waals surface area contributed by atoms with Crippen LogP contribution in [0.2, 0.25) is 0 Å². The molecule has 0 unspecified atom stereocenters. The quantitative estimate of drug-likeness (QED) is 0.0285. The first kappa shape index (κ1) is 58.8. The van der Waals surface area contributed by atoms with Crippen LogP contribution < -0.4 is 136 Å². The minimum Gasteiger partial charge on any atom is -0.862 e. The number of aliphatic hydroxyl groups excluding tert-OH is 2. The van der Waals surface area contributed by atoms with E-state index in [4.69, 9.17) is 0 Å². The molecule has 0 aliphatic carbocycles. The Bertz CT molecular complexity index is 3610. The number of anilines is 3. The third kappa shape index (κ3) is 16.6. The Morgan fingerprint density at radius 2 is 0.716 bits per heavy atom. The van der Waals surface area contributed by atoms with Gasteiger partial charge in [-0.3, -0.25) is 28.8 Å². The number of carbonyl (C=O) groups excluding carboxylic acids is 3. The standard InChI is InChI=1S/C45H35N15O11.3Na/c1-21(61)46-32-7-3-9-34(51-32)55-40(66)26-15-23(63)17-28(48-26)42(68)57-36-11-5-13-38(53-36)59-44(70)30-19-25(65)20-31(50-30)45(71)60-39-14-6-12-37(54-39)58-43(69)29-18-24(64)16-27(49-29)41(67)56-35-10-4-8-33(52-35)47-22(2)62;;;/h3-20H,1-2H3,(H,48,63)(H,49,64)(H,50,65)(H2,46,51,55,61,66)(H2,47,52,56,62,67)(H2,53,57,59,68,70)(H2,54,58,60,69,71);;;/q;3*+1/p-3. The van der Waals surface area contributed by atoms with Crippen LogP contribution in [0.25, 0.3) is 0 Å². The fraction of sp³-hybridized carbons (Fsp3) is 0.0444. The first-order valence-corrected chi connectivity index (χ1v) is 20.2. The van der Waals surface area contributed by atoms with E-state index in [9.17, 15) is 54.3 Å². The van der Waals surface area contributed by atoms with E-state index in [2.05, 4.69) is 75.8 Å². The summed E-state index contributed by atoms with van der Waals surface area (Å²) in [6.45, 7) is 2.45. The normalized spacial score (nSPS) is 11.8. The molecular weight excluding hydrogens is 996 g/mol. The second-order valence-electron chi connectivity index (χ2n) is 14.3. The van der Waals surface area contributed by atoms with Crippen molar-refractivity contribution < 1.29 is 129 Å². The van der Waals surface area contributed by atoms with Gasteiger partial charge in [-0.05, 0) is 74.2 Å². The molecule has 0 aromatic carbocycles. The van der Waals surface area contributed by atoms with Crippen LogP contribution in [0.5, 0.6) is 0 Å². The summed E-state index contributed by atoms with van der Waals surface area (Å²) in [5, 5.41) is 64.8. The van der Waals surface area contributed by atoms with Crippen molar-refractivity contribution in [3.63, 3.8) is 0 Å². The predicted octanol–water partition coefficient (Wildman–Crippen LogP) is -7.37. The summed E-state index contributed by atoms with van der Waals surface area (Å²) >= 11 is 0. The van der Waals surface area contributed by atoms with Crippen LogP contribution in [0, 0.1) is 0 Å². The van der Waals surface area contributed by atoms with Crippen molar-refractivity contribution in [2.24, 2.45) is 25.0 Å². The summed E-state index contributed by atoms with van der Waals surface area (Å²) in [5.74, 6) is -6.89. The number of carbonyl (C=O) groups is 3. The van der Waals surface area contributed by atoms with Gasteiger partial charge in [0.25, 0.3) is 17.7 Å². The predicted molar refractivity (Wildman–Crippen MR) is 251 cm³/mol. The molecule has 0 spiro atoms. The summed E-state index contributed by atoms with van der Waals surface area (Å²) in [7, 11) is 0. The van der Waals surface area contributed by atoms with Crippen LogP contribution in [0.1, 0.15) is 62.4 Å². The van der Waals surface area contributed by atoms with Crippen LogP contribution in [-0.4, -0.2) is 92.3 Å². The third-order valence-electron chi connectivity index (χ3n) is 8.82. The van der Waals surface area contributed by atoms with Gasteiger partial charge in [-0.2, -0.15) is 9.98 Å². The average Bonchev–Trinajstić information content (AvgIpc) is 3.31. The van der Waals surface area contributed by atoms with E-state index in [0.29, 0.717) is 0 Å². The fourth-order valence-electron chi connectivity index (χ4n) is 5.93. The summed E-state index contributed by atoms with van der Waals surface area (Å²) < 4.78 is 0. The molecule has 0 saturated carbocycles. The van der Waals surface area contributed by atoms with Gasteiger partial charge in [0.15, 0.2) is 45.4 Å². The van der Waals surface area contributed by atoms with E-state index in [1.807, 2.05) is 0 Å². The second kappa shape index (κ2) is 26.8. The number of amides is 3. The zero-order valence-electron chi connectivity index (χ0n) is 39.5. The van der Waals surface area contributed by atoms with E-state index in [1.165, 1.54) is 86.6 Å². The van der Waals surface area contributed by atoms with Gasteiger partial charge in [-0.25, -0.2) is 34.9 Å². The van der Waals surface area contributed by atoms with E-state index >= 15 is 0 Å². The first-order valence-electron chi connectivity index (χ1n) is 20.2. The van der Waals surface area contributed by atoms with Gasteiger partial charge in [0, 0.05) is 42.3 Å². The van der Waals surface area contributed by atoms with E-state index in [0.717, 1.165) is 36.4 Å². The molecule has 0 aliphatic rings. The van der Waals surface area contributed by atoms with Gasteiger partial charge in [0.05, 0.1) is 5.69 Å². The zero-order chi connectivity index (χ0) is 50.8. The van der Waals surface area contributed by atoms with Gasteiger partial charge in [0.2, 0.25) is 11.8 Å². The largest absolute Gasteiger partial charge is 1.00 e. The maximum Gasteiger partial charge on any atom is 1.00 e. The number of H-pyrrole nitrogens is 3. The van der Waals surface area contributed by atoms with Crippen molar-refractivity contribution in [2.75, 3.05) is 16.0 Å². The number of aliphatic imine (C=N–C) groups is 5. The SMILES string of the molecule is CC([O-])=Nc1cccc(NC(=O)c2cc(=O)cc(C([O-])=Nc3cccc(NC(=O)c4cc(=O)cc(C(O)=Nc5cccc(N=C(O)c6cc(=O)cc(C(=O)Nc7cccc(N=C(C)[O-])n7)[nH]6)n5)[nH]4)n3)[nH]2)n1.[Na+].[Na+].[Na+]. The van der Waals surface area contributed by atoms with Gasteiger partial charge >= 0.3 is 88.7 Å². The average molecular weight is 1030 g/mol. The number of rotatable bonds is 14. The maximum absolute atomic E-state index is 13.3. The number of hydrogen-bond acceptors (Lipinski definition) is 18. The van der Waals surface area contributed by atoms with Crippen LogP contribution in [0.15, 0.2) is 149 Å². The van der Waals surface area contributed by atoms with Gasteiger partial charge in [-0.15, -0.1) is 0 Å². The number of nitrogens with zero attached hydrogens (tertiary/aromatic N) is 9. The molecule has 0 aliphatic heterocycles. The fourth-order valence-corrected chi connectivity index (χ4v) is 5.93. The van der Waals surface area contributed by atoms with E-state index in [-0.39, 0.29) is 169 Å². The molecule has 7 heterocycles. The molecule has 74 heavy (non-hydrogen) atoms. The summed E-state index contributed by atoms with van der Waals surface area (Å²) in [6, 6.07) is 22.4. The van der Waals surface area contributed by atoms with Crippen molar-refractivity contribution in [3.05, 3.63) is 174 Å². The molecule has 7 rings (SSSR count). The molecule has 356 valence electrons.